The van der Waals surface area contributed by atoms with Crippen molar-refractivity contribution in [1.82, 2.24) is 24.9 Å². The first kappa shape index (κ1) is 22.4. The molecular formula is C30H23N5O2. The van der Waals surface area contributed by atoms with Crippen molar-refractivity contribution in [2.75, 3.05) is 0 Å². The third-order valence-electron chi connectivity index (χ3n) is 6.45. The zero-order valence-corrected chi connectivity index (χ0v) is 20.1. The molecule has 0 saturated carbocycles. The Morgan fingerprint density at radius 2 is 1.65 bits per heavy atom. The van der Waals surface area contributed by atoms with Crippen molar-refractivity contribution in [2.45, 2.75) is 13.5 Å². The van der Waals surface area contributed by atoms with Gasteiger partial charge in [-0.25, -0.2) is 4.98 Å². The Hall–Kier alpha value is -5.04. The summed E-state index contributed by atoms with van der Waals surface area (Å²) < 4.78 is 1.97. The predicted molar refractivity (Wildman–Crippen MR) is 143 cm³/mol. The van der Waals surface area contributed by atoms with E-state index in [1.54, 1.807) is 18.2 Å². The number of aryl methyl sites for hydroxylation is 1. The minimum absolute atomic E-state index is 0.0373. The number of nitrogens with one attached hydrogen (secondary N) is 1. The first-order chi connectivity index (χ1) is 18.1. The van der Waals surface area contributed by atoms with Crippen LogP contribution in [0.25, 0.3) is 38.9 Å². The van der Waals surface area contributed by atoms with Crippen LogP contribution in [-0.2, 0) is 6.54 Å². The molecule has 0 saturated heterocycles. The van der Waals surface area contributed by atoms with E-state index < -0.39 is 0 Å². The number of pyridine rings is 2. The summed E-state index contributed by atoms with van der Waals surface area (Å²) in [5, 5.41) is 22.3. The summed E-state index contributed by atoms with van der Waals surface area (Å²) >= 11 is 0. The van der Waals surface area contributed by atoms with Crippen LogP contribution < -0.4 is 5.32 Å². The van der Waals surface area contributed by atoms with E-state index in [9.17, 15) is 9.90 Å². The van der Waals surface area contributed by atoms with Gasteiger partial charge in [-0.3, -0.25) is 9.20 Å². The van der Waals surface area contributed by atoms with Gasteiger partial charge in [0.1, 0.15) is 11.6 Å². The highest BCUT2D eigenvalue weighted by Crippen LogP contribution is 2.34. The van der Waals surface area contributed by atoms with Crippen LogP contribution in [0.1, 0.15) is 21.7 Å². The number of rotatable bonds is 5. The summed E-state index contributed by atoms with van der Waals surface area (Å²) in [6, 6.07) is 28.8. The van der Waals surface area contributed by atoms with Crippen molar-refractivity contribution in [3.63, 3.8) is 0 Å². The normalized spacial score (nSPS) is 11.2. The molecule has 0 unspecified atom stereocenters. The molecule has 6 rings (SSSR count). The number of aromatic nitrogens is 4. The smallest absolute Gasteiger partial charge is 0.255 e. The van der Waals surface area contributed by atoms with E-state index >= 15 is 0 Å². The lowest BCUT2D eigenvalue weighted by atomic mass is 9.97. The summed E-state index contributed by atoms with van der Waals surface area (Å²) in [7, 11) is 0. The van der Waals surface area contributed by atoms with Crippen LogP contribution in [0, 0.1) is 6.92 Å². The van der Waals surface area contributed by atoms with Crippen LogP contribution >= 0.6 is 0 Å². The number of hydrogen-bond donors (Lipinski definition) is 2. The van der Waals surface area contributed by atoms with Gasteiger partial charge in [0.2, 0.25) is 0 Å². The van der Waals surface area contributed by atoms with E-state index in [0.29, 0.717) is 6.54 Å². The number of benzene rings is 3. The van der Waals surface area contributed by atoms with Gasteiger partial charge in [-0.05, 0) is 42.3 Å². The van der Waals surface area contributed by atoms with E-state index in [2.05, 4.69) is 33.7 Å². The van der Waals surface area contributed by atoms with E-state index in [1.165, 1.54) is 6.07 Å². The fraction of sp³-hybridized carbons (Fsp3) is 0.0667. The predicted octanol–water partition coefficient (Wildman–Crippen LogP) is 5.56. The highest BCUT2D eigenvalue weighted by Gasteiger charge is 2.15. The number of carbonyl (C=O) groups excluding carboxylic acids is 1. The zero-order valence-electron chi connectivity index (χ0n) is 20.1. The number of phenolic OH excluding ortho intramolecular Hbond substituents is 1. The summed E-state index contributed by atoms with van der Waals surface area (Å²) in [5.74, 6) is 0.469. The molecule has 7 heteroatoms. The van der Waals surface area contributed by atoms with Crippen LogP contribution in [0.3, 0.4) is 0 Å². The van der Waals surface area contributed by atoms with Crippen molar-refractivity contribution in [3.05, 3.63) is 114 Å². The Morgan fingerprint density at radius 1 is 0.892 bits per heavy atom. The van der Waals surface area contributed by atoms with Crippen LogP contribution in [0.5, 0.6) is 5.75 Å². The third-order valence-corrected chi connectivity index (χ3v) is 6.45. The highest BCUT2D eigenvalue weighted by atomic mass is 16.3. The molecule has 0 fully saturated rings. The second-order valence-corrected chi connectivity index (χ2v) is 8.84. The fourth-order valence-corrected chi connectivity index (χ4v) is 4.49. The number of fused-ring (bicyclic) bond motifs is 3. The number of carbonyl (C=O) groups is 1. The van der Waals surface area contributed by atoms with Gasteiger partial charge in [-0.15, -0.1) is 10.2 Å². The molecule has 0 aliphatic heterocycles. The van der Waals surface area contributed by atoms with Crippen LogP contribution in [0.2, 0.25) is 0 Å². The lowest BCUT2D eigenvalue weighted by molar-refractivity contribution is 0.0948. The minimum atomic E-state index is -0.320. The quantitative estimate of drug-likeness (QED) is 0.334. The first-order valence-corrected chi connectivity index (χ1v) is 11.9. The molecule has 37 heavy (non-hydrogen) atoms. The highest BCUT2D eigenvalue weighted by molar-refractivity contribution is 5.98. The minimum Gasteiger partial charge on any atom is -0.507 e. The average molecular weight is 486 g/mol. The lowest BCUT2D eigenvalue weighted by Crippen LogP contribution is -2.22. The molecule has 0 spiro atoms. The molecule has 6 aromatic rings. The number of para-hydroxylation sites is 1. The van der Waals surface area contributed by atoms with Gasteiger partial charge in [0.05, 0.1) is 16.8 Å². The molecule has 0 atom stereocenters. The topological polar surface area (TPSA) is 92.4 Å². The second kappa shape index (κ2) is 9.20. The second-order valence-electron chi connectivity index (χ2n) is 8.84. The van der Waals surface area contributed by atoms with Gasteiger partial charge in [0, 0.05) is 29.3 Å². The molecule has 3 aromatic carbocycles. The summed E-state index contributed by atoms with van der Waals surface area (Å²) in [5.41, 5.74) is 6.71. The largest absolute Gasteiger partial charge is 0.507 e. The SMILES string of the molecule is Cc1nnc2c3cc(-c4ccccc4)c(-c4ccc(CNC(=O)c5ccccc5O)cc4)nc3ccn12. The Balaban J connectivity index is 1.36. The lowest BCUT2D eigenvalue weighted by Gasteiger charge is -2.13. The van der Waals surface area contributed by atoms with Gasteiger partial charge in [0.15, 0.2) is 5.65 Å². The molecule has 7 nitrogen and oxygen atoms in total. The third kappa shape index (κ3) is 4.16. The molecule has 0 aliphatic rings. The van der Waals surface area contributed by atoms with Gasteiger partial charge in [0.25, 0.3) is 5.91 Å². The van der Waals surface area contributed by atoms with E-state index in [4.69, 9.17) is 4.98 Å². The number of amides is 1. The Morgan fingerprint density at radius 3 is 2.43 bits per heavy atom. The van der Waals surface area contributed by atoms with E-state index in [1.807, 2.05) is 66.1 Å². The Bertz CT molecular complexity index is 1760. The molecule has 0 aliphatic carbocycles. The van der Waals surface area contributed by atoms with Crippen molar-refractivity contribution in [2.24, 2.45) is 0 Å². The molecule has 1 amide bonds. The standard InChI is InChI=1S/C30H23N5O2/c1-19-33-34-29-25-17-24(21-7-3-2-4-8-21)28(32-26(25)15-16-35(19)29)22-13-11-20(12-14-22)18-31-30(37)23-9-5-6-10-27(23)36/h2-17,36H,18H2,1H3,(H,31,37). The van der Waals surface area contributed by atoms with Crippen molar-refractivity contribution >= 4 is 22.5 Å². The molecule has 2 N–H and O–H groups in total. The molecule has 180 valence electrons. The number of hydrogen-bond acceptors (Lipinski definition) is 5. The van der Waals surface area contributed by atoms with E-state index in [-0.39, 0.29) is 17.2 Å². The maximum atomic E-state index is 12.5. The maximum Gasteiger partial charge on any atom is 0.255 e. The van der Waals surface area contributed by atoms with Crippen LogP contribution in [0.15, 0.2) is 97.2 Å². The summed E-state index contributed by atoms with van der Waals surface area (Å²) in [4.78, 5) is 17.5. The van der Waals surface area contributed by atoms with Crippen LogP contribution in [0.4, 0.5) is 0 Å². The molecular weight excluding hydrogens is 462 g/mol. The van der Waals surface area contributed by atoms with Gasteiger partial charge < -0.3 is 10.4 Å². The number of aromatic hydroxyl groups is 1. The van der Waals surface area contributed by atoms with Gasteiger partial charge in [-0.2, -0.15) is 0 Å². The van der Waals surface area contributed by atoms with Crippen molar-refractivity contribution in [3.8, 4) is 28.1 Å². The molecule has 0 radical (unpaired) electrons. The van der Waals surface area contributed by atoms with Crippen LogP contribution in [-0.4, -0.2) is 30.6 Å². The molecule has 3 aromatic heterocycles. The maximum absolute atomic E-state index is 12.5. The summed E-state index contributed by atoms with van der Waals surface area (Å²) in [6.45, 7) is 2.27. The number of phenols is 1. The molecule has 3 heterocycles. The monoisotopic (exact) mass is 485 g/mol. The average Bonchev–Trinajstić information content (AvgIpc) is 3.33. The number of nitrogens with zero attached hydrogens (tertiary/aromatic N) is 4. The Kier molecular flexibility index (Phi) is 5.58. The van der Waals surface area contributed by atoms with Gasteiger partial charge in [-0.1, -0.05) is 66.7 Å². The van der Waals surface area contributed by atoms with Crippen molar-refractivity contribution in [1.29, 1.82) is 0 Å². The first-order valence-electron chi connectivity index (χ1n) is 11.9. The molecule has 0 bridgehead atoms. The fourth-order valence-electron chi connectivity index (χ4n) is 4.49. The summed E-state index contributed by atoms with van der Waals surface area (Å²) in [6.07, 6.45) is 1.95. The van der Waals surface area contributed by atoms with Crippen molar-refractivity contribution < 1.29 is 9.90 Å². The van der Waals surface area contributed by atoms with E-state index in [0.717, 1.165) is 50.3 Å². The Labute approximate surface area is 213 Å². The van der Waals surface area contributed by atoms with Gasteiger partial charge >= 0.3 is 0 Å². The zero-order chi connectivity index (χ0) is 25.4.